The van der Waals surface area contributed by atoms with Gasteiger partial charge in [-0.05, 0) is 41.1 Å². The molecule has 1 amide bonds. The summed E-state index contributed by atoms with van der Waals surface area (Å²) in [6, 6.07) is 5.47. The molecule has 2 aromatic rings. The van der Waals surface area contributed by atoms with Gasteiger partial charge in [0.2, 0.25) is 5.95 Å². The zero-order valence-electron chi connectivity index (χ0n) is 11.9. The maximum Gasteiger partial charge on any atom is 0.415 e. The molecule has 0 spiro atoms. The molecule has 114 valence electrons. The molecule has 7 nitrogen and oxygen atoms in total. The third kappa shape index (κ3) is 3.16. The average Bonchev–Trinajstić information content (AvgIpc) is 2.94. The number of halogens is 1. The van der Waals surface area contributed by atoms with Crippen molar-refractivity contribution < 1.29 is 9.53 Å². The fourth-order valence-electron chi connectivity index (χ4n) is 2.08. The lowest BCUT2D eigenvalue weighted by Crippen LogP contribution is -2.25. The number of rotatable bonds is 4. The maximum absolute atomic E-state index is 11.6. The number of amides is 1. The van der Waals surface area contributed by atoms with Crippen LogP contribution in [0.15, 0.2) is 35.1 Å². The van der Waals surface area contributed by atoms with Gasteiger partial charge in [-0.1, -0.05) is 0 Å². The Hall–Kier alpha value is -2.22. The quantitative estimate of drug-likeness (QED) is 0.899. The van der Waals surface area contributed by atoms with E-state index in [1.807, 2.05) is 19.1 Å². The molecule has 1 saturated heterocycles. The third-order valence-electron chi connectivity index (χ3n) is 3.22. The van der Waals surface area contributed by atoms with Crippen molar-refractivity contribution in [1.29, 1.82) is 0 Å². The average molecular weight is 364 g/mol. The summed E-state index contributed by atoms with van der Waals surface area (Å²) in [5, 5.41) is 3.18. The molecule has 0 radical (unpaired) electrons. The molecular formula is C14H14BrN5O2. The third-order valence-corrected chi connectivity index (χ3v) is 3.69. The summed E-state index contributed by atoms with van der Waals surface area (Å²) in [5.74, 6) is 0.963. The monoisotopic (exact) mass is 363 g/mol. The Morgan fingerprint density at radius 2 is 2.23 bits per heavy atom. The first-order valence-corrected chi connectivity index (χ1v) is 7.58. The number of pyridine rings is 1. The van der Waals surface area contributed by atoms with Crippen molar-refractivity contribution in [3.63, 3.8) is 0 Å². The lowest BCUT2D eigenvalue weighted by Gasteiger charge is -2.16. The first-order valence-electron chi connectivity index (χ1n) is 6.79. The van der Waals surface area contributed by atoms with E-state index in [-0.39, 0.29) is 12.1 Å². The summed E-state index contributed by atoms with van der Waals surface area (Å²) < 4.78 is 5.84. The molecule has 3 heterocycles. The Morgan fingerprint density at radius 3 is 2.91 bits per heavy atom. The molecule has 1 aliphatic rings. The van der Waals surface area contributed by atoms with E-state index in [1.54, 1.807) is 18.5 Å². The molecule has 1 aliphatic heterocycles. The van der Waals surface area contributed by atoms with Gasteiger partial charge < -0.3 is 10.1 Å². The molecule has 0 aromatic carbocycles. The van der Waals surface area contributed by atoms with Gasteiger partial charge in [0.15, 0.2) is 0 Å². The molecule has 3 rings (SSSR count). The number of ether oxygens (including phenoxy) is 1. The van der Waals surface area contributed by atoms with Crippen LogP contribution in [0.4, 0.5) is 16.6 Å². The smallest absolute Gasteiger partial charge is 0.415 e. The molecule has 22 heavy (non-hydrogen) atoms. The second-order valence-electron chi connectivity index (χ2n) is 4.77. The summed E-state index contributed by atoms with van der Waals surface area (Å²) in [7, 11) is 0. The highest BCUT2D eigenvalue weighted by Crippen LogP contribution is 2.20. The van der Waals surface area contributed by atoms with Crippen LogP contribution in [-0.4, -0.2) is 34.2 Å². The van der Waals surface area contributed by atoms with E-state index < -0.39 is 0 Å². The lowest BCUT2D eigenvalue weighted by atomic mass is 10.2. The molecule has 1 atom stereocenters. The van der Waals surface area contributed by atoms with Gasteiger partial charge in [-0.25, -0.2) is 9.78 Å². The number of nitrogens with zero attached hydrogens (tertiary/aromatic N) is 4. The van der Waals surface area contributed by atoms with Gasteiger partial charge in [-0.3, -0.25) is 9.88 Å². The van der Waals surface area contributed by atoms with Crippen molar-refractivity contribution in [3.8, 4) is 0 Å². The minimum absolute atomic E-state index is 0.0612. The predicted octanol–water partition coefficient (Wildman–Crippen LogP) is 2.76. The highest BCUT2D eigenvalue weighted by molar-refractivity contribution is 9.10. The van der Waals surface area contributed by atoms with Gasteiger partial charge in [-0.2, -0.15) is 4.98 Å². The van der Waals surface area contributed by atoms with Crippen LogP contribution in [0, 0.1) is 0 Å². The molecular weight excluding hydrogens is 350 g/mol. The summed E-state index contributed by atoms with van der Waals surface area (Å²) in [6.07, 6.45) is 2.97. The molecule has 8 heteroatoms. The number of nitrogens with one attached hydrogen (secondary N) is 1. The number of carbonyl (C=O) groups excluding carboxylic acids is 1. The van der Waals surface area contributed by atoms with Gasteiger partial charge >= 0.3 is 6.09 Å². The number of aromatic nitrogens is 3. The van der Waals surface area contributed by atoms with Crippen molar-refractivity contribution in [3.05, 3.63) is 40.8 Å². The van der Waals surface area contributed by atoms with Crippen LogP contribution in [0.5, 0.6) is 0 Å². The second kappa shape index (κ2) is 6.27. The van der Waals surface area contributed by atoms with E-state index in [0.717, 1.165) is 10.2 Å². The van der Waals surface area contributed by atoms with Crippen LogP contribution in [0.25, 0.3) is 0 Å². The maximum atomic E-state index is 11.6. The van der Waals surface area contributed by atoms with E-state index >= 15 is 0 Å². The lowest BCUT2D eigenvalue weighted by molar-refractivity contribution is 0.181. The molecule has 0 unspecified atom stereocenters. The van der Waals surface area contributed by atoms with Gasteiger partial charge in [0.05, 0.1) is 18.3 Å². The molecule has 0 aliphatic carbocycles. The Balaban J connectivity index is 1.75. The zero-order valence-corrected chi connectivity index (χ0v) is 13.4. The Bertz CT molecular complexity index is 679. The van der Waals surface area contributed by atoms with E-state index in [0.29, 0.717) is 24.9 Å². The van der Waals surface area contributed by atoms with Crippen LogP contribution in [0.3, 0.4) is 0 Å². The minimum atomic E-state index is -0.382. The summed E-state index contributed by atoms with van der Waals surface area (Å²) >= 11 is 3.36. The van der Waals surface area contributed by atoms with E-state index in [4.69, 9.17) is 4.74 Å². The van der Waals surface area contributed by atoms with Gasteiger partial charge in [0.25, 0.3) is 0 Å². The number of hydrogen-bond donors (Lipinski definition) is 1. The van der Waals surface area contributed by atoms with E-state index in [2.05, 4.69) is 36.2 Å². The van der Waals surface area contributed by atoms with Gasteiger partial charge in [0, 0.05) is 16.9 Å². The number of carbonyl (C=O) groups is 1. The van der Waals surface area contributed by atoms with Gasteiger partial charge in [-0.15, -0.1) is 0 Å². The molecule has 2 aromatic heterocycles. The molecule has 0 bridgehead atoms. The number of hydrogen-bond acceptors (Lipinski definition) is 6. The Kier molecular flexibility index (Phi) is 4.19. The summed E-state index contributed by atoms with van der Waals surface area (Å²) in [6.45, 7) is 2.85. The predicted molar refractivity (Wildman–Crippen MR) is 84.7 cm³/mol. The summed E-state index contributed by atoms with van der Waals surface area (Å²) in [5.41, 5.74) is 0.873. The van der Waals surface area contributed by atoms with Crippen LogP contribution in [0.2, 0.25) is 0 Å². The van der Waals surface area contributed by atoms with Crippen LogP contribution in [-0.2, 0) is 4.74 Å². The largest absolute Gasteiger partial charge is 0.447 e. The topological polar surface area (TPSA) is 80.2 Å². The van der Waals surface area contributed by atoms with E-state index in [9.17, 15) is 4.79 Å². The zero-order chi connectivity index (χ0) is 15.5. The fourth-order valence-corrected chi connectivity index (χ4v) is 2.32. The highest BCUT2D eigenvalue weighted by Gasteiger charge is 2.25. The SMILES string of the molecule is C[C@H](Nc1nccc(N2CCOC2=O)n1)c1ccc(Br)cn1. The van der Waals surface area contributed by atoms with Crippen molar-refractivity contribution in [2.45, 2.75) is 13.0 Å². The summed E-state index contributed by atoms with van der Waals surface area (Å²) in [4.78, 5) is 25.9. The van der Waals surface area contributed by atoms with Crippen molar-refractivity contribution in [2.75, 3.05) is 23.4 Å². The minimum Gasteiger partial charge on any atom is -0.447 e. The Morgan fingerprint density at radius 1 is 1.36 bits per heavy atom. The molecule has 1 fully saturated rings. The normalized spacial score (nSPS) is 15.5. The van der Waals surface area contributed by atoms with Crippen molar-refractivity contribution >= 4 is 33.8 Å². The van der Waals surface area contributed by atoms with Crippen LogP contribution in [0.1, 0.15) is 18.7 Å². The van der Waals surface area contributed by atoms with Crippen molar-refractivity contribution in [1.82, 2.24) is 15.0 Å². The van der Waals surface area contributed by atoms with Crippen molar-refractivity contribution in [2.24, 2.45) is 0 Å². The second-order valence-corrected chi connectivity index (χ2v) is 5.69. The van der Waals surface area contributed by atoms with Crippen LogP contribution < -0.4 is 10.2 Å². The van der Waals surface area contributed by atoms with E-state index in [1.165, 1.54) is 4.90 Å². The standard InChI is InChI=1S/C14H14BrN5O2/c1-9(11-3-2-10(15)8-17-11)18-13-16-5-4-12(19-13)20-6-7-22-14(20)21/h2-5,8-9H,6-7H2,1H3,(H,16,18,19)/t9-/m0/s1. The first kappa shape index (κ1) is 14.7. The first-order chi connectivity index (χ1) is 10.6. The number of anilines is 2. The van der Waals surface area contributed by atoms with Crippen LogP contribution >= 0.6 is 15.9 Å². The molecule has 1 N–H and O–H groups in total. The van der Waals surface area contributed by atoms with Gasteiger partial charge in [0.1, 0.15) is 12.4 Å². The Labute approximate surface area is 135 Å². The fraction of sp³-hybridized carbons (Fsp3) is 0.286. The highest BCUT2D eigenvalue weighted by atomic mass is 79.9. The number of cyclic esters (lactones) is 1. The molecule has 0 saturated carbocycles.